The molecule has 0 unspecified atom stereocenters. The van der Waals surface area contributed by atoms with Gasteiger partial charge in [0.2, 0.25) is 11.8 Å². The Hall–Kier alpha value is -4.67. The first-order valence-electron chi connectivity index (χ1n) is 16.2. The lowest BCUT2D eigenvalue weighted by atomic mass is 9.96. The Kier molecular flexibility index (Phi) is 14.2. The molecule has 274 valence electrons. The minimum absolute atomic E-state index is 0.0449. The van der Waals surface area contributed by atoms with Crippen molar-refractivity contribution in [1.82, 2.24) is 10.6 Å². The summed E-state index contributed by atoms with van der Waals surface area (Å²) in [6.07, 6.45) is -6.60. The van der Waals surface area contributed by atoms with Gasteiger partial charge in [0.15, 0.2) is 16.1 Å². The van der Waals surface area contributed by atoms with Crippen LogP contribution in [0.2, 0.25) is 0 Å². The lowest BCUT2D eigenvalue weighted by molar-refractivity contribution is -0.283. The number of carbonyl (C=O) groups is 4. The van der Waals surface area contributed by atoms with Gasteiger partial charge >= 0.3 is 11.9 Å². The summed E-state index contributed by atoms with van der Waals surface area (Å²) in [6.45, 7) is 3.17. The SMILES string of the molecule is CC(=O)N[C@H]1[C@@H](OCc2ccccc2)O[C@H](COC(=O)c2ccccc2)[C@@H](O)[C@@H]1O[C@H](C)C(=O)N[C@@H](C)C(=O)OCCS(=O)(=O)c1ccccc1. The summed E-state index contributed by atoms with van der Waals surface area (Å²) in [5.41, 5.74) is 1.06. The van der Waals surface area contributed by atoms with Gasteiger partial charge in [-0.05, 0) is 43.7 Å². The molecule has 1 heterocycles. The molecule has 2 amide bonds. The van der Waals surface area contributed by atoms with E-state index in [1.165, 1.54) is 32.9 Å². The summed E-state index contributed by atoms with van der Waals surface area (Å²) in [5, 5.41) is 16.6. The van der Waals surface area contributed by atoms with Crippen LogP contribution in [0.5, 0.6) is 0 Å². The monoisotopic (exact) mass is 726 g/mol. The third-order valence-electron chi connectivity index (χ3n) is 7.83. The zero-order chi connectivity index (χ0) is 37.0. The van der Waals surface area contributed by atoms with Gasteiger partial charge in [0, 0.05) is 6.92 Å². The maximum Gasteiger partial charge on any atom is 0.338 e. The molecular weight excluding hydrogens is 684 g/mol. The number of rotatable bonds is 16. The van der Waals surface area contributed by atoms with E-state index >= 15 is 0 Å². The van der Waals surface area contributed by atoms with E-state index in [4.69, 9.17) is 23.7 Å². The van der Waals surface area contributed by atoms with Crippen molar-refractivity contribution in [3.8, 4) is 0 Å². The lowest BCUT2D eigenvalue weighted by Gasteiger charge is -2.45. The molecule has 0 radical (unpaired) electrons. The van der Waals surface area contributed by atoms with Crippen LogP contribution in [0.25, 0.3) is 0 Å². The van der Waals surface area contributed by atoms with Gasteiger partial charge < -0.3 is 39.4 Å². The van der Waals surface area contributed by atoms with Crippen LogP contribution >= 0.6 is 0 Å². The lowest BCUT2D eigenvalue weighted by Crippen LogP contribution is -2.66. The summed E-state index contributed by atoms with van der Waals surface area (Å²) in [6, 6.07) is 22.7. The van der Waals surface area contributed by atoms with E-state index in [0.717, 1.165) is 5.56 Å². The zero-order valence-corrected chi connectivity index (χ0v) is 29.2. The number of benzene rings is 3. The summed E-state index contributed by atoms with van der Waals surface area (Å²) >= 11 is 0. The predicted molar refractivity (Wildman–Crippen MR) is 182 cm³/mol. The number of carbonyl (C=O) groups excluding carboxylic acids is 4. The normalized spacial score (nSPS) is 21.5. The highest BCUT2D eigenvalue weighted by Gasteiger charge is 2.48. The maximum atomic E-state index is 13.2. The quantitative estimate of drug-likeness (QED) is 0.182. The number of amides is 2. The van der Waals surface area contributed by atoms with Gasteiger partial charge in [-0.1, -0.05) is 66.7 Å². The van der Waals surface area contributed by atoms with Crippen LogP contribution in [-0.2, 0) is 54.5 Å². The summed E-state index contributed by atoms with van der Waals surface area (Å²) in [4.78, 5) is 50.9. The number of ether oxygens (including phenoxy) is 5. The average molecular weight is 727 g/mol. The van der Waals surface area contributed by atoms with Gasteiger partial charge in [-0.15, -0.1) is 0 Å². The van der Waals surface area contributed by atoms with Crippen molar-refractivity contribution in [1.29, 1.82) is 0 Å². The molecule has 4 rings (SSSR count). The third-order valence-corrected chi connectivity index (χ3v) is 9.52. The molecule has 1 saturated heterocycles. The number of nitrogens with one attached hydrogen (secondary N) is 2. The first-order chi connectivity index (χ1) is 24.4. The Morgan fingerprint density at radius 3 is 2.12 bits per heavy atom. The van der Waals surface area contributed by atoms with Gasteiger partial charge in [-0.3, -0.25) is 9.59 Å². The van der Waals surface area contributed by atoms with E-state index in [1.807, 2.05) is 30.3 Å². The number of hydrogen-bond donors (Lipinski definition) is 3. The highest BCUT2D eigenvalue weighted by atomic mass is 32.2. The van der Waals surface area contributed by atoms with Crippen molar-refractivity contribution >= 4 is 33.6 Å². The first kappa shape index (κ1) is 39.1. The van der Waals surface area contributed by atoms with Crippen LogP contribution in [-0.4, -0.2) is 99.0 Å². The predicted octanol–water partition coefficient (Wildman–Crippen LogP) is 1.95. The summed E-state index contributed by atoms with van der Waals surface area (Å²) in [7, 11) is -3.69. The summed E-state index contributed by atoms with van der Waals surface area (Å²) < 4.78 is 53.6. The van der Waals surface area contributed by atoms with Crippen molar-refractivity contribution in [3.05, 3.63) is 102 Å². The Morgan fingerprint density at radius 2 is 1.49 bits per heavy atom. The zero-order valence-electron chi connectivity index (χ0n) is 28.4. The number of esters is 2. The second kappa shape index (κ2) is 18.5. The molecule has 0 bridgehead atoms. The molecule has 0 saturated carbocycles. The average Bonchev–Trinajstić information content (AvgIpc) is 3.12. The van der Waals surface area contributed by atoms with Gasteiger partial charge in [0.05, 0.1) is 22.8 Å². The third kappa shape index (κ3) is 11.4. The second-order valence-electron chi connectivity index (χ2n) is 11.8. The number of aliphatic hydroxyl groups is 1. The fraction of sp³-hybridized carbons (Fsp3) is 0.389. The largest absolute Gasteiger partial charge is 0.463 e. The van der Waals surface area contributed by atoms with E-state index in [1.54, 1.807) is 48.5 Å². The Bertz CT molecular complexity index is 1710. The van der Waals surface area contributed by atoms with Crippen LogP contribution in [0, 0.1) is 0 Å². The Morgan fingerprint density at radius 1 is 0.882 bits per heavy atom. The van der Waals surface area contributed by atoms with Crippen LogP contribution < -0.4 is 10.6 Å². The molecule has 51 heavy (non-hydrogen) atoms. The molecule has 3 aromatic rings. The number of hydrogen-bond acceptors (Lipinski definition) is 12. The van der Waals surface area contributed by atoms with Crippen molar-refractivity contribution in [3.63, 3.8) is 0 Å². The minimum atomic E-state index is -3.69. The molecule has 1 fully saturated rings. The van der Waals surface area contributed by atoms with E-state index < -0.39 is 95.3 Å². The van der Waals surface area contributed by atoms with Crippen LogP contribution in [0.1, 0.15) is 36.7 Å². The van der Waals surface area contributed by atoms with Crippen LogP contribution in [0.15, 0.2) is 95.9 Å². The molecule has 0 spiro atoms. The standard InChI is InChI=1S/C36H42N2O12S/c1-23(34(42)46-19-20-51(44,45)28-17-11-6-12-18-28)37-33(41)24(2)49-32-30(38-25(3)39)36(48-21-26-13-7-4-8-14-26)50-29(31(32)40)22-47-35(43)27-15-9-5-10-16-27/h4-18,23-24,29-32,36,40H,19-22H2,1-3H3,(H,37,41)(H,38,39)/t23-,24+,29+,30+,31+,32+,36-/m0/s1. The van der Waals surface area contributed by atoms with Gasteiger partial charge in [0.1, 0.15) is 49.7 Å². The minimum Gasteiger partial charge on any atom is -0.463 e. The van der Waals surface area contributed by atoms with Crippen molar-refractivity contribution in [2.45, 2.75) is 75.1 Å². The Labute approximate surface area is 296 Å². The van der Waals surface area contributed by atoms with E-state index in [9.17, 15) is 32.7 Å². The number of sulfone groups is 1. The second-order valence-corrected chi connectivity index (χ2v) is 13.9. The van der Waals surface area contributed by atoms with Gasteiger partial charge in [-0.25, -0.2) is 18.0 Å². The molecule has 1 aliphatic heterocycles. The molecule has 7 atom stereocenters. The van der Waals surface area contributed by atoms with E-state index in [0.29, 0.717) is 0 Å². The summed E-state index contributed by atoms with van der Waals surface area (Å²) in [5.74, 6) is -3.28. The highest BCUT2D eigenvalue weighted by molar-refractivity contribution is 7.91. The maximum absolute atomic E-state index is 13.2. The van der Waals surface area contributed by atoms with Crippen molar-refractivity contribution in [2.24, 2.45) is 0 Å². The topological polar surface area (TPSA) is 193 Å². The number of aliphatic hydroxyl groups excluding tert-OH is 1. The van der Waals surface area contributed by atoms with Crippen molar-refractivity contribution < 1.29 is 56.4 Å². The fourth-order valence-electron chi connectivity index (χ4n) is 5.12. The molecular formula is C36H42N2O12S. The van der Waals surface area contributed by atoms with Crippen LogP contribution in [0.3, 0.4) is 0 Å². The first-order valence-corrected chi connectivity index (χ1v) is 17.9. The smallest absolute Gasteiger partial charge is 0.338 e. The van der Waals surface area contributed by atoms with E-state index in [2.05, 4.69) is 10.6 Å². The van der Waals surface area contributed by atoms with Crippen molar-refractivity contribution in [2.75, 3.05) is 19.0 Å². The fourth-order valence-corrected chi connectivity index (χ4v) is 6.24. The highest BCUT2D eigenvalue weighted by Crippen LogP contribution is 2.27. The molecule has 1 aliphatic rings. The Balaban J connectivity index is 1.43. The van der Waals surface area contributed by atoms with E-state index in [-0.39, 0.29) is 17.1 Å². The molecule has 14 nitrogen and oxygen atoms in total. The van der Waals surface area contributed by atoms with Gasteiger partial charge in [-0.2, -0.15) is 0 Å². The molecule has 15 heteroatoms. The molecule has 0 aromatic heterocycles. The van der Waals surface area contributed by atoms with Crippen LogP contribution in [0.4, 0.5) is 0 Å². The van der Waals surface area contributed by atoms with Gasteiger partial charge in [0.25, 0.3) is 0 Å². The molecule has 3 aromatic carbocycles. The molecule has 3 N–H and O–H groups in total. The molecule has 0 aliphatic carbocycles.